The van der Waals surface area contributed by atoms with Gasteiger partial charge in [0.25, 0.3) is 0 Å². The molecule has 1 atom stereocenters. The van der Waals surface area contributed by atoms with Crippen molar-refractivity contribution in [2.24, 2.45) is 4.99 Å². The van der Waals surface area contributed by atoms with Crippen LogP contribution < -0.4 is 0 Å². The number of rotatable bonds is 7. The van der Waals surface area contributed by atoms with E-state index >= 15 is 0 Å². The van der Waals surface area contributed by atoms with Crippen molar-refractivity contribution in [2.45, 2.75) is 32.6 Å². The zero-order valence-electron chi connectivity index (χ0n) is 36.5. The summed E-state index contributed by atoms with van der Waals surface area (Å²) in [4.78, 5) is 5.84. The van der Waals surface area contributed by atoms with E-state index in [1.807, 2.05) is 22.7 Å². The van der Waals surface area contributed by atoms with E-state index in [1.165, 1.54) is 89.7 Å². The maximum atomic E-state index is 5.84. The van der Waals surface area contributed by atoms with Crippen LogP contribution in [0.15, 0.2) is 211 Å². The van der Waals surface area contributed by atoms with Crippen LogP contribution in [0.5, 0.6) is 0 Å². The molecule has 0 saturated carbocycles. The molecule has 1 aliphatic carbocycles. The molecule has 0 bridgehead atoms. The summed E-state index contributed by atoms with van der Waals surface area (Å²) in [5, 5.41) is 10.1. The van der Waals surface area contributed by atoms with Gasteiger partial charge >= 0.3 is 0 Å². The molecule has 0 fully saturated rings. The monoisotopic (exact) mass is 867 g/mol. The zero-order valence-corrected chi connectivity index (χ0v) is 38.1. The molecule has 1 unspecified atom stereocenters. The standard InChI is InChI=1S/C62H45NS2/c1-37(2)60(40-18-6-5-7-19-40)63-61(39(4)38(3)41-30-32-48-47-24-14-16-28-54(47)64-56(48)36-41)58-50-26-13-12-25-49(50)57(62-59(58)52-27-15-17-29-55(52)65-62)51-33-31-44-34-42-20-8-9-21-43(42)35-53(44)46-23-11-10-22-45(46)51/h5-30,32,34-36,51H,1,3,31,33H2,2,4H3/b61-39-,63-60+. The van der Waals surface area contributed by atoms with Crippen LogP contribution in [0, 0.1) is 0 Å². The van der Waals surface area contributed by atoms with Gasteiger partial charge in [-0.1, -0.05) is 171 Å². The Morgan fingerprint density at radius 2 is 1.17 bits per heavy atom. The second-order valence-corrected chi connectivity index (χ2v) is 19.7. The minimum Gasteiger partial charge on any atom is -0.247 e. The highest BCUT2D eigenvalue weighted by atomic mass is 32.1. The molecule has 3 heteroatoms. The number of aliphatic imine (C=N–C) groups is 1. The number of hydrogen-bond donors (Lipinski definition) is 0. The molecule has 1 nitrogen and oxygen atoms in total. The van der Waals surface area contributed by atoms with Gasteiger partial charge in [-0.15, -0.1) is 22.7 Å². The van der Waals surface area contributed by atoms with Crippen LogP contribution in [0.4, 0.5) is 0 Å². The Balaban J connectivity index is 1.16. The summed E-state index contributed by atoms with van der Waals surface area (Å²) >= 11 is 3.77. The Morgan fingerprint density at radius 1 is 0.538 bits per heavy atom. The Morgan fingerprint density at radius 3 is 1.95 bits per heavy atom. The lowest BCUT2D eigenvalue weighted by Crippen LogP contribution is -2.06. The van der Waals surface area contributed by atoms with Gasteiger partial charge in [-0.05, 0) is 123 Å². The average molecular weight is 868 g/mol. The summed E-state index contributed by atoms with van der Waals surface area (Å²) < 4.78 is 5.15. The molecule has 2 aromatic heterocycles. The molecule has 0 radical (unpaired) electrons. The summed E-state index contributed by atoms with van der Waals surface area (Å²) in [6.45, 7) is 13.7. The van der Waals surface area contributed by atoms with Crippen molar-refractivity contribution in [2.75, 3.05) is 0 Å². The number of thiophene rings is 2. The van der Waals surface area contributed by atoms with Gasteiger partial charge in [-0.2, -0.15) is 0 Å². The Kier molecular flexibility index (Phi) is 9.59. The van der Waals surface area contributed by atoms with Crippen molar-refractivity contribution in [3.05, 3.63) is 240 Å². The molecule has 0 amide bonds. The first kappa shape index (κ1) is 39.4. The molecule has 9 aromatic carbocycles. The molecule has 0 spiro atoms. The van der Waals surface area contributed by atoms with Crippen molar-refractivity contribution in [1.82, 2.24) is 0 Å². The van der Waals surface area contributed by atoms with Crippen LogP contribution in [0.2, 0.25) is 0 Å². The smallest absolute Gasteiger partial charge is 0.0757 e. The summed E-state index contributed by atoms with van der Waals surface area (Å²) in [5.74, 6) is 0.159. The molecule has 12 rings (SSSR count). The van der Waals surface area contributed by atoms with Gasteiger partial charge in [0.15, 0.2) is 0 Å². The third-order valence-corrected chi connectivity index (χ3v) is 16.0. The molecule has 1 aliphatic rings. The highest BCUT2D eigenvalue weighted by Crippen LogP contribution is 2.53. The molecule has 0 N–H and O–H groups in total. The second kappa shape index (κ2) is 15.8. The fraction of sp³-hybridized carbons (Fsp3) is 0.0806. The van der Waals surface area contributed by atoms with Crippen molar-refractivity contribution < 1.29 is 0 Å². The summed E-state index contributed by atoms with van der Waals surface area (Å²) in [5.41, 5.74) is 14.9. The number of allylic oxidation sites excluding steroid dienone is 3. The average Bonchev–Trinajstić information content (AvgIpc) is 3.87. The minimum atomic E-state index is 0.159. The molecule has 11 aromatic rings. The SMILES string of the molecule is C=C(C)/C(=N\C(=C(\C)C(=C)c1ccc2c(c1)sc1ccccc12)c1c2ccccc2c(C2CCc3cc4ccccc4cc3-c3ccccc32)c2sc3ccccc3c12)c1ccccc1. The largest absolute Gasteiger partial charge is 0.247 e. The van der Waals surface area contributed by atoms with Crippen molar-refractivity contribution in [1.29, 1.82) is 0 Å². The maximum Gasteiger partial charge on any atom is 0.0757 e. The van der Waals surface area contributed by atoms with Crippen LogP contribution in [-0.4, -0.2) is 5.71 Å². The number of fused-ring (bicyclic) bond motifs is 11. The van der Waals surface area contributed by atoms with Crippen LogP contribution in [0.3, 0.4) is 0 Å². The Bertz CT molecular complexity index is 3840. The predicted octanol–water partition coefficient (Wildman–Crippen LogP) is 18.0. The lowest BCUT2D eigenvalue weighted by Gasteiger charge is -2.24. The third-order valence-electron chi connectivity index (χ3n) is 13.7. The first-order valence-electron chi connectivity index (χ1n) is 22.5. The lowest BCUT2D eigenvalue weighted by molar-refractivity contribution is 0.736. The van der Waals surface area contributed by atoms with E-state index in [1.54, 1.807) is 0 Å². The number of hydrogen-bond acceptors (Lipinski definition) is 3. The molecule has 0 aliphatic heterocycles. The Hall–Kier alpha value is -7.17. The molecule has 65 heavy (non-hydrogen) atoms. The first-order chi connectivity index (χ1) is 31.9. The number of aryl methyl sites for hydroxylation is 1. The van der Waals surface area contributed by atoms with E-state index in [4.69, 9.17) is 11.6 Å². The van der Waals surface area contributed by atoms with Crippen LogP contribution in [0.1, 0.15) is 59.6 Å². The predicted molar refractivity (Wildman–Crippen MR) is 285 cm³/mol. The zero-order chi connectivity index (χ0) is 43.8. The topological polar surface area (TPSA) is 12.4 Å². The fourth-order valence-corrected chi connectivity index (χ4v) is 13.0. The van der Waals surface area contributed by atoms with Gasteiger partial charge in [0.1, 0.15) is 0 Å². The van der Waals surface area contributed by atoms with E-state index in [2.05, 4.69) is 202 Å². The highest BCUT2D eigenvalue weighted by Gasteiger charge is 2.31. The molecular formula is C62H45NS2. The molecule has 0 saturated heterocycles. The maximum absolute atomic E-state index is 5.84. The normalized spacial score (nSPS) is 14.5. The van der Waals surface area contributed by atoms with Gasteiger partial charge in [-0.3, -0.25) is 0 Å². The van der Waals surface area contributed by atoms with Crippen molar-refractivity contribution in [3.8, 4) is 11.1 Å². The van der Waals surface area contributed by atoms with Gasteiger partial charge in [0.05, 0.1) is 11.4 Å². The third kappa shape index (κ3) is 6.52. The fourth-order valence-electron chi connectivity index (χ4n) is 10.5. The van der Waals surface area contributed by atoms with Gasteiger partial charge < -0.3 is 0 Å². The summed E-state index contributed by atoms with van der Waals surface area (Å²) in [7, 11) is 0. The Labute approximate surface area is 387 Å². The van der Waals surface area contributed by atoms with E-state index in [0.717, 1.165) is 57.7 Å². The number of benzene rings is 9. The molecule has 2 heterocycles. The summed E-state index contributed by atoms with van der Waals surface area (Å²) in [6, 6.07) is 67.0. The van der Waals surface area contributed by atoms with Crippen LogP contribution >= 0.6 is 22.7 Å². The summed E-state index contributed by atoms with van der Waals surface area (Å²) in [6.07, 6.45) is 1.99. The van der Waals surface area contributed by atoms with Crippen LogP contribution in [0.25, 0.3) is 84.3 Å². The first-order valence-corrected chi connectivity index (χ1v) is 24.1. The van der Waals surface area contributed by atoms with E-state index < -0.39 is 0 Å². The van der Waals surface area contributed by atoms with Crippen molar-refractivity contribution in [3.63, 3.8) is 0 Å². The van der Waals surface area contributed by atoms with Crippen LogP contribution in [-0.2, 0) is 6.42 Å². The molecular weight excluding hydrogens is 823 g/mol. The minimum absolute atomic E-state index is 0.159. The van der Waals surface area contributed by atoms with E-state index in [-0.39, 0.29) is 5.92 Å². The number of nitrogens with zero attached hydrogens (tertiary/aromatic N) is 1. The quantitative estimate of drug-likeness (QED) is 0.112. The van der Waals surface area contributed by atoms with Gasteiger partial charge in [-0.25, -0.2) is 4.99 Å². The van der Waals surface area contributed by atoms with E-state index in [0.29, 0.717) is 0 Å². The second-order valence-electron chi connectivity index (χ2n) is 17.5. The highest BCUT2D eigenvalue weighted by molar-refractivity contribution is 7.26. The van der Waals surface area contributed by atoms with Crippen molar-refractivity contribution >= 4 is 102 Å². The lowest BCUT2D eigenvalue weighted by atomic mass is 9.80. The van der Waals surface area contributed by atoms with Gasteiger partial charge in [0.2, 0.25) is 0 Å². The molecule has 310 valence electrons. The van der Waals surface area contributed by atoms with E-state index in [9.17, 15) is 0 Å². The van der Waals surface area contributed by atoms with Gasteiger partial charge in [0, 0.05) is 57.4 Å².